The molecule has 2 aromatic carbocycles. The van der Waals surface area contributed by atoms with Gasteiger partial charge in [-0.3, -0.25) is 9.36 Å². The molecule has 0 saturated carbocycles. The second-order valence-electron chi connectivity index (χ2n) is 7.29. The normalized spacial score (nSPS) is 12.8. The van der Waals surface area contributed by atoms with E-state index in [0.717, 1.165) is 12.1 Å². The van der Waals surface area contributed by atoms with E-state index in [4.69, 9.17) is 10.2 Å². The SMILES string of the molecule is CC[C@@H](C)c1ccc(-n2c(SC[C@H](C#N)CCC#N)nc3ccccc3c2=O)cc1. The molecule has 0 aliphatic rings. The number of hydrogen-bond donors (Lipinski definition) is 0. The van der Waals surface area contributed by atoms with E-state index in [0.29, 0.717) is 40.6 Å². The number of nitriles is 2. The summed E-state index contributed by atoms with van der Waals surface area (Å²) in [6, 6.07) is 19.7. The zero-order valence-corrected chi connectivity index (χ0v) is 18.0. The second-order valence-corrected chi connectivity index (χ2v) is 8.27. The first-order valence-corrected chi connectivity index (χ1v) is 11.1. The van der Waals surface area contributed by atoms with Gasteiger partial charge in [-0.25, -0.2) is 4.98 Å². The van der Waals surface area contributed by atoms with Gasteiger partial charge in [0.25, 0.3) is 5.56 Å². The van der Waals surface area contributed by atoms with Crippen LogP contribution in [0, 0.1) is 28.6 Å². The fourth-order valence-corrected chi connectivity index (χ4v) is 4.30. The zero-order valence-electron chi connectivity index (χ0n) is 17.2. The van der Waals surface area contributed by atoms with Gasteiger partial charge < -0.3 is 0 Å². The average Bonchev–Trinajstić information content (AvgIpc) is 2.79. The quantitative estimate of drug-likeness (QED) is 0.361. The molecule has 6 heteroatoms. The van der Waals surface area contributed by atoms with Crippen LogP contribution in [-0.4, -0.2) is 15.3 Å². The molecule has 0 unspecified atom stereocenters. The molecule has 0 N–H and O–H groups in total. The molecule has 3 aromatic rings. The molecule has 0 bridgehead atoms. The Hall–Kier alpha value is -3.09. The summed E-state index contributed by atoms with van der Waals surface area (Å²) in [6.07, 6.45) is 1.91. The standard InChI is InChI=1S/C24H24N4OS/c1-3-17(2)19-10-12-20(13-11-19)28-23(29)21-8-4-5-9-22(21)27-24(28)30-16-18(15-26)7-6-14-25/h4-5,8-13,17-18H,3,6-7,16H2,1-2H3/t17-,18+/m1/s1. The first-order chi connectivity index (χ1) is 14.6. The van der Waals surface area contributed by atoms with Crippen LogP contribution < -0.4 is 5.56 Å². The van der Waals surface area contributed by atoms with Crippen molar-refractivity contribution in [1.29, 1.82) is 10.5 Å². The highest BCUT2D eigenvalue weighted by molar-refractivity contribution is 7.99. The number of fused-ring (bicyclic) bond motifs is 1. The third kappa shape index (κ3) is 4.72. The van der Waals surface area contributed by atoms with E-state index >= 15 is 0 Å². The maximum Gasteiger partial charge on any atom is 0.266 e. The highest BCUT2D eigenvalue weighted by Gasteiger charge is 2.16. The predicted molar refractivity (Wildman–Crippen MR) is 121 cm³/mol. The molecular weight excluding hydrogens is 392 g/mol. The van der Waals surface area contributed by atoms with Crippen LogP contribution in [0.3, 0.4) is 0 Å². The molecule has 0 spiro atoms. The summed E-state index contributed by atoms with van der Waals surface area (Å²) in [5.74, 6) is 0.670. The fraction of sp³-hybridized carbons (Fsp3) is 0.333. The van der Waals surface area contributed by atoms with Crippen LogP contribution in [0.2, 0.25) is 0 Å². The number of nitrogens with zero attached hydrogens (tertiary/aromatic N) is 4. The zero-order chi connectivity index (χ0) is 21.5. The van der Waals surface area contributed by atoms with E-state index in [1.165, 1.54) is 17.3 Å². The molecule has 1 aromatic heterocycles. The maximum atomic E-state index is 13.3. The average molecular weight is 417 g/mol. The van der Waals surface area contributed by atoms with Gasteiger partial charge in [-0.05, 0) is 48.6 Å². The monoisotopic (exact) mass is 416 g/mol. The molecule has 1 heterocycles. The van der Waals surface area contributed by atoms with E-state index in [9.17, 15) is 10.1 Å². The molecule has 0 fully saturated rings. The fourth-order valence-electron chi connectivity index (χ4n) is 3.22. The van der Waals surface area contributed by atoms with Crippen molar-refractivity contribution in [1.82, 2.24) is 9.55 Å². The molecular formula is C24H24N4OS. The molecule has 0 aliphatic heterocycles. The van der Waals surface area contributed by atoms with Crippen LogP contribution >= 0.6 is 11.8 Å². The summed E-state index contributed by atoms with van der Waals surface area (Å²) < 4.78 is 1.63. The van der Waals surface area contributed by atoms with Crippen molar-refractivity contribution in [2.24, 2.45) is 5.92 Å². The topological polar surface area (TPSA) is 82.5 Å². The Balaban J connectivity index is 2.04. The minimum absolute atomic E-state index is 0.120. The smallest absolute Gasteiger partial charge is 0.266 e. The number of benzene rings is 2. The van der Waals surface area contributed by atoms with Crippen molar-refractivity contribution in [2.75, 3.05) is 5.75 Å². The van der Waals surface area contributed by atoms with Gasteiger partial charge >= 0.3 is 0 Å². The highest BCUT2D eigenvalue weighted by atomic mass is 32.2. The predicted octanol–water partition coefficient (Wildman–Crippen LogP) is 5.43. The lowest BCUT2D eigenvalue weighted by molar-refractivity contribution is 0.682. The molecule has 0 aliphatic carbocycles. The summed E-state index contributed by atoms with van der Waals surface area (Å²) in [6.45, 7) is 4.34. The van der Waals surface area contributed by atoms with E-state index in [-0.39, 0.29) is 11.5 Å². The summed E-state index contributed by atoms with van der Waals surface area (Å²) in [5, 5.41) is 19.3. The van der Waals surface area contributed by atoms with Gasteiger partial charge in [-0.15, -0.1) is 0 Å². The Labute approximate surface area is 181 Å². The number of aromatic nitrogens is 2. The lowest BCUT2D eigenvalue weighted by Gasteiger charge is -2.15. The van der Waals surface area contributed by atoms with Crippen molar-refractivity contribution >= 4 is 22.7 Å². The molecule has 2 atom stereocenters. The summed E-state index contributed by atoms with van der Waals surface area (Å²) in [7, 11) is 0. The van der Waals surface area contributed by atoms with Crippen LogP contribution in [0.4, 0.5) is 0 Å². The molecule has 3 rings (SSSR count). The Bertz CT molecular complexity index is 1160. The van der Waals surface area contributed by atoms with E-state index in [1.54, 1.807) is 10.6 Å². The first kappa shape index (κ1) is 21.6. The van der Waals surface area contributed by atoms with Crippen molar-refractivity contribution in [3.63, 3.8) is 0 Å². The Morgan fingerprint density at radius 2 is 1.87 bits per heavy atom. The largest absolute Gasteiger partial charge is 0.268 e. The van der Waals surface area contributed by atoms with Gasteiger partial charge in [0.05, 0.1) is 34.6 Å². The van der Waals surface area contributed by atoms with E-state index < -0.39 is 0 Å². The Morgan fingerprint density at radius 1 is 1.13 bits per heavy atom. The molecule has 0 radical (unpaired) electrons. The van der Waals surface area contributed by atoms with Crippen molar-refractivity contribution in [3.8, 4) is 17.8 Å². The van der Waals surface area contributed by atoms with Crippen molar-refractivity contribution in [3.05, 3.63) is 64.4 Å². The minimum atomic E-state index is -0.265. The molecule has 30 heavy (non-hydrogen) atoms. The van der Waals surface area contributed by atoms with Crippen LogP contribution in [-0.2, 0) is 0 Å². The first-order valence-electron chi connectivity index (χ1n) is 10.1. The van der Waals surface area contributed by atoms with Crippen LogP contribution in [0.5, 0.6) is 0 Å². The third-order valence-corrected chi connectivity index (χ3v) is 6.38. The second kappa shape index (κ2) is 10.1. The summed E-state index contributed by atoms with van der Waals surface area (Å²) in [4.78, 5) is 18.0. The number of thioether (sulfide) groups is 1. The van der Waals surface area contributed by atoms with Gasteiger partial charge in [0.2, 0.25) is 0 Å². The van der Waals surface area contributed by atoms with Crippen LogP contribution in [0.15, 0.2) is 58.5 Å². The molecule has 5 nitrogen and oxygen atoms in total. The Kier molecular flexibility index (Phi) is 7.27. The lowest BCUT2D eigenvalue weighted by Crippen LogP contribution is -2.22. The highest BCUT2D eigenvalue weighted by Crippen LogP contribution is 2.26. The van der Waals surface area contributed by atoms with Crippen LogP contribution in [0.1, 0.15) is 44.6 Å². The molecule has 0 amide bonds. The van der Waals surface area contributed by atoms with Gasteiger partial charge in [-0.2, -0.15) is 10.5 Å². The van der Waals surface area contributed by atoms with Crippen LogP contribution in [0.25, 0.3) is 16.6 Å². The third-order valence-electron chi connectivity index (χ3n) is 5.28. The maximum absolute atomic E-state index is 13.3. The van der Waals surface area contributed by atoms with Crippen molar-refractivity contribution in [2.45, 2.75) is 44.2 Å². The minimum Gasteiger partial charge on any atom is -0.268 e. The number of hydrogen-bond acceptors (Lipinski definition) is 5. The van der Waals surface area contributed by atoms with E-state index in [2.05, 4.69) is 38.1 Å². The summed E-state index contributed by atoms with van der Waals surface area (Å²) >= 11 is 1.39. The van der Waals surface area contributed by atoms with Gasteiger partial charge in [0, 0.05) is 12.2 Å². The van der Waals surface area contributed by atoms with Gasteiger partial charge in [-0.1, -0.05) is 49.9 Å². The van der Waals surface area contributed by atoms with Gasteiger partial charge in [0.1, 0.15) is 0 Å². The Morgan fingerprint density at radius 3 is 2.53 bits per heavy atom. The van der Waals surface area contributed by atoms with Gasteiger partial charge in [0.15, 0.2) is 5.16 Å². The number of para-hydroxylation sites is 1. The molecule has 0 saturated heterocycles. The lowest BCUT2D eigenvalue weighted by atomic mass is 9.98. The van der Waals surface area contributed by atoms with E-state index in [1.807, 2.05) is 30.3 Å². The molecule has 152 valence electrons. The number of rotatable bonds is 8. The summed E-state index contributed by atoms with van der Waals surface area (Å²) in [5.41, 5.74) is 2.52. The van der Waals surface area contributed by atoms with Crippen molar-refractivity contribution < 1.29 is 0 Å².